The van der Waals surface area contributed by atoms with E-state index in [1.807, 2.05) is 29.7 Å². The molecule has 8 rings (SSSR count). The minimum atomic E-state index is -3.69. The second kappa shape index (κ2) is 14.8. The van der Waals surface area contributed by atoms with E-state index in [2.05, 4.69) is 26.1 Å². The molecule has 13 heteroatoms. The molecule has 5 aliphatic rings. The number of hydrogen-bond donors (Lipinski definition) is 3. The van der Waals surface area contributed by atoms with E-state index in [9.17, 15) is 24.0 Å². The summed E-state index contributed by atoms with van der Waals surface area (Å²) in [5.41, 5.74) is 4.19. The van der Waals surface area contributed by atoms with Crippen LogP contribution in [0.2, 0.25) is 5.02 Å². The lowest BCUT2D eigenvalue weighted by atomic mass is 9.68. The van der Waals surface area contributed by atoms with Crippen LogP contribution in [0.3, 0.4) is 0 Å². The molecule has 54 heavy (non-hydrogen) atoms. The average Bonchev–Trinajstić information content (AvgIpc) is 3.51. The molecule has 1 spiro atoms. The molecule has 3 aliphatic heterocycles. The van der Waals surface area contributed by atoms with Crippen LogP contribution < -0.4 is 14.4 Å². The Bertz CT molecular complexity index is 2110. The van der Waals surface area contributed by atoms with Crippen LogP contribution >= 0.6 is 11.6 Å². The molecule has 3 aromatic rings. The smallest absolute Gasteiger partial charge is 0.286 e. The maximum Gasteiger partial charge on any atom is 0.286 e. The molecule has 2 amide bonds. The number of carbonyl (C=O) groups excluding carboxylic acids is 2. The van der Waals surface area contributed by atoms with Crippen molar-refractivity contribution < 1.29 is 33.5 Å². The fourth-order valence-corrected chi connectivity index (χ4v) is 11.1. The highest BCUT2D eigenvalue weighted by atomic mass is 35.5. The zero-order chi connectivity index (χ0) is 37.8. The van der Waals surface area contributed by atoms with Crippen molar-refractivity contribution in [3.8, 4) is 5.75 Å². The predicted molar refractivity (Wildman–Crippen MR) is 207 cm³/mol. The van der Waals surface area contributed by atoms with Gasteiger partial charge < -0.3 is 29.2 Å². The first-order chi connectivity index (χ1) is 25.9. The third kappa shape index (κ3) is 7.00. The van der Waals surface area contributed by atoms with Crippen molar-refractivity contribution in [2.24, 2.45) is 22.1 Å². The zero-order valence-corrected chi connectivity index (χ0v) is 32.4. The van der Waals surface area contributed by atoms with Gasteiger partial charge in [0.25, 0.3) is 11.8 Å². The Kier molecular flexibility index (Phi) is 10.2. The first kappa shape index (κ1) is 37.3. The van der Waals surface area contributed by atoms with Gasteiger partial charge in [-0.05, 0) is 111 Å². The Labute approximate surface area is 322 Å². The third-order valence-electron chi connectivity index (χ3n) is 12.6. The van der Waals surface area contributed by atoms with E-state index in [1.165, 1.54) is 11.1 Å². The summed E-state index contributed by atoms with van der Waals surface area (Å²) >= 11 is 6.45. The molecule has 1 fully saturated rings. The van der Waals surface area contributed by atoms with Gasteiger partial charge in [0.15, 0.2) is 0 Å². The van der Waals surface area contributed by atoms with Crippen LogP contribution in [0.4, 0.5) is 5.69 Å². The summed E-state index contributed by atoms with van der Waals surface area (Å²) in [4.78, 5) is 30.3. The maximum absolute atomic E-state index is 15.0. The van der Waals surface area contributed by atoms with Gasteiger partial charge in [-0.15, -0.1) is 4.36 Å². The summed E-state index contributed by atoms with van der Waals surface area (Å²) in [5.74, 6) is -0.585. The summed E-state index contributed by atoms with van der Waals surface area (Å²) in [6, 6.07) is 13.1. The van der Waals surface area contributed by atoms with Crippen molar-refractivity contribution in [2.75, 3.05) is 31.2 Å². The van der Waals surface area contributed by atoms with Crippen LogP contribution in [0.1, 0.15) is 83.5 Å². The number of ether oxygens (including phenoxy) is 2. The molecule has 2 aliphatic carbocycles. The van der Waals surface area contributed by atoms with E-state index in [4.69, 9.17) is 21.1 Å². The predicted octanol–water partition coefficient (Wildman–Crippen LogP) is 5.83. The molecular weight excluding hydrogens is 728 g/mol. The van der Waals surface area contributed by atoms with Crippen molar-refractivity contribution in [3.05, 3.63) is 93.8 Å². The second-order valence-corrected chi connectivity index (χ2v) is 18.7. The number of anilines is 1. The number of allylic oxidation sites excluding steroid dienone is 1. The van der Waals surface area contributed by atoms with Gasteiger partial charge in [0.2, 0.25) is 0 Å². The molecule has 1 unspecified atom stereocenters. The summed E-state index contributed by atoms with van der Waals surface area (Å²) in [7, 11) is -3.69. The number of hydrogen-bond acceptors (Lipinski definition) is 8. The quantitative estimate of drug-likeness (QED) is 0.282. The molecular formula is C41H49ClN4O7S. The number of aliphatic hydroxyl groups is 2. The normalized spacial score (nSPS) is 32.8. The fourth-order valence-electron chi connectivity index (χ4n) is 9.00. The lowest BCUT2D eigenvalue weighted by Crippen LogP contribution is -2.49. The van der Waals surface area contributed by atoms with Crippen molar-refractivity contribution >= 4 is 39.0 Å². The molecule has 4 heterocycles. The Balaban J connectivity index is 1.18. The van der Waals surface area contributed by atoms with Crippen molar-refractivity contribution in [2.45, 2.75) is 88.4 Å². The maximum atomic E-state index is 15.0. The number of rotatable bonds is 3. The van der Waals surface area contributed by atoms with Gasteiger partial charge >= 0.3 is 0 Å². The summed E-state index contributed by atoms with van der Waals surface area (Å²) < 4.78 is 36.1. The van der Waals surface area contributed by atoms with Crippen LogP contribution in [0.25, 0.3) is 0 Å². The molecule has 288 valence electrons. The van der Waals surface area contributed by atoms with Crippen LogP contribution in [-0.4, -0.2) is 74.6 Å². The molecule has 2 bridgehead atoms. The molecule has 1 saturated carbocycles. The number of halogens is 1. The minimum absolute atomic E-state index is 0.0810. The van der Waals surface area contributed by atoms with E-state index in [-0.39, 0.29) is 53.6 Å². The number of benzene rings is 2. The highest BCUT2D eigenvalue weighted by Crippen LogP contribution is 2.47. The number of aliphatic hydroxyl groups excluding tert-OH is 2. The number of fused-ring (bicyclic) bond motifs is 5. The number of aromatic nitrogens is 1. The Morgan fingerprint density at radius 3 is 2.80 bits per heavy atom. The molecule has 8 atom stereocenters. The molecule has 1 aromatic heterocycles. The van der Waals surface area contributed by atoms with Gasteiger partial charge in [0, 0.05) is 41.0 Å². The van der Waals surface area contributed by atoms with Crippen LogP contribution in [0, 0.1) is 17.8 Å². The molecule has 0 radical (unpaired) electrons. The molecule has 11 nitrogen and oxygen atoms in total. The first-order valence-electron chi connectivity index (χ1n) is 19.1. The van der Waals surface area contributed by atoms with Gasteiger partial charge in [-0.2, -0.15) is 0 Å². The van der Waals surface area contributed by atoms with Crippen molar-refractivity contribution in [1.29, 1.82) is 0 Å². The third-order valence-corrected chi connectivity index (χ3v) is 15.2. The highest BCUT2D eigenvalue weighted by Gasteiger charge is 2.44. The van der Waals surface area contributed by atoms with Gasteiger partial charge in [0.1, 0.15) is 15.7 Å². The number of carbonyl (C=O) groups is 2. The monoisotopic (exact) mass is 776 g/mol. The van der Waals surface area contributed by atoms with Crippen LogP contribution in [-0.2, 0) is 39.6 Å². The number of amides is 2. The molecule has 3 N–H and O–H groups in total. The highest BCUT2D eigenvalue weighted by molar-refractivity contribution is 7.93. The zero-order valence-electron chi connectivity index (χ0n) is 30.8. The first-order valence-corrected chi connectivity index (χ1v) is 21.1. The van der Waals surface area contributed by atoms with E-state index in [0.717, 1.165) is 48.5 Å². The lowest BCUT2D eigenvalue weighted by Gasteiger charge is -2.45. The van der Waals surface area contributed by atoms with E-state index >= 15 is 0 Å². The number of nitrogens with one attached hydrogen (secondary N) is 1. The summed E-state index contributed by atoms with van der Waals surface area (Å²) in [5, 5.41) is 21.0. The van der Waals surface area contributed by atoms with Gasteiger partial charge in [-0.1, -0.05) is 36.7 Å². The van der Waals surface area contributed by atoms with Gasteiger partial charge in [-0.25, -0.2) is 4.21 Å². The van der Waals surface area contributed by atoms with Crippen LogP contribution in [0.15, 0.2) is 65.2 Å². The Hall–Kier alpha value is -3.68. The van der Waals surface area contributed by atoms with Crippen LogP contribution in [0.5, 0.6) is 5.75 Å². The molecule has 0 saturated heterocycles. The molecule has 2 aromatic carbocycles. The minimum Gasteiger partial charge on any atom is -0.490 e. The Morgan fingerprint density at radius 2 is 2.00 bits per heavy atom. The van der Waals surface area contributed by atoms with Gasteiger partial charge in [-0.3, -0.25) is 14.3 Å². The SMILES string of the molecule is C[C@@H]1[C@@H](C)C/C=C/[C@H](O)[C@@H]2CC[C@H]2CN2C[C@@]3(CCCc4cc(Cl)ccc43)COc3ccc(cc32)C(=O)N=S1(=O)NC(=O)c1cc2n(c1)C[C@H](CO)OC2. The topological polar surface area (TPSA) is 143 Å². The second-order valence-electron chi connectivity index (χ2n) is 16.0. The number of nitrogens with zero attached hydrogens (tertiary/aromatic N) is 3. The largest absolute Gasteiger partial charge is 0.490 e. The van der Waals surface area contributed by atoms with E-state index < -0.39 is 33.1 Å². The Morgan fingerprint density at radius 1 is 1.15 bits per heavy atom. The average molecular weight is 777 g/mol. The lowest BCUT2D eigenvalue weighted by molar-refractivity contribution is -0.0273. The number of aryl methyl sites for hydroxylation is 1. The fraction of sp³-hybridized carbons (Fsp3) is 0.512. The standard InChI is InChI=1S/C41H49ClN4O7S/c1-25-5-3-7-37(48)34-11-8-29(34)18-46-23-41(14-4-6-27-15-31(42)10-12-35(27)41)24-53-38-13-9-28(17-36(38)46)39(49)43-54(51,26(25)2)44-40(50)30-16-32-22-52-33(21-47)20-45(32)19-30/h3,7,9-10,12-13,15-17,19,25-26,29,33-34,37,47-48H,4-6,8,11,14,18,20-24H2,1-2H3,(H,43,44,49,50,51)/b7-3+/t25-,26+,29-,33+,34+,37-,41-,54?/m0/s1. The van der Waals surface area contributed by atoms with Gasteiger partial charge in [0.05, 0.1) is 55.1 Å². The van der Waals surface area contributed by atoms with Crippen molar-refractivity contribution in [3.63, 3.8) is 0 Å². The summed E-state index contributed by atoms with van der Waals surface area (Å²) in [6.07, 6.45) is 9.67. The van der Waals surface area contributed by atoms with E-state index in [1.54, 1.807) is 37.4 Å². The van der Waals surface area contributed by atoms with Crippen molar-refractivity contribution in [1.82, 2.24) is 9.29 Å². The summed E-state index contributed by atoms with van der Waals surface area (Å²) in [6.45, 7) is 5.92. The van der Waals surface area contributed by atoms with E-state index in [0.29, 0.717) is 38.4 Å².